The summed E-state index contributed by atoms with van der Waals surface area (Å²) in [5.41, 5.74) is 3.14. The highest BCUT2D eigenvalue weighted by Crippen LogP contribution is 2.39. The zero-order valence-corrected chi connectivity index (χ0v) is 26.6. The molecule has 4 rings (SSSR count). The molecule has 0 saturated carbocycles. The molecule has 1 fully saturated rings. The van der Waals surface area contributed by atoms with Crippen LogP contribution in [0.4, 0.5) is 5.13 Å². The zero-order valence-electron chi connectivity index (χ0n) is 25.8. The van der Waals surface area contributed by atoms with Crippen LogP contribution in [0.5, 0.6) is 0 Å². The van der Waals surface area contributed by atoms with Crippen LogP contribution in [0.1, 0.15) is 85.2 Å². The van der Waals surface area contributed by atoms with Crippen molar-refractivity contribution in [2.24, 2.45) is 11.8 Å². The number of imide groups is 1. The van der Waals surface area contributed by atoms with E-state index in [9.17, 15) is 19.6 Å². The number of hydrogen-bond donors (Lipinski definition) is 1. The number of hydrazine groups is 2. The summed E-state index contributed by atoms with van der Waals surface area (Å²) in [6.07, 6.45) is 4.02. The number of rotatable bonds is 4. The van der Waals surface area contributed by atoms with Gasteiger partial charge < -0.3 is 4.90 Å². The van der Waals surface area contributed by atoms with Crippen molar-refractivity contribution < 1.29 is 14.4 Å². The number of carbonyl (C=O) groups excluding carboxylic acids is 3. The summed E-state index contributed by atoms with van der Waals surface area (Å²) in [5.74, 6) is -1.04. The molecule has 222 valence electrons. The first-order chi connectivity index (χ1) is 19.1. The Balaban J connectivity index is 1.94. The summed E-state index contributed by atoms with van der Waals surface area (Å²) < 4.78 is 0. The SMILES string of the molecule is CCC1=C(C#N)C(=O)N2C(=O)/C1=C\c1sc(nc1C(C)(C)C)N(CCC(C)C)CCC(C)CN1NC1(C)C(=O)N2C. The topological polar surface area (TPSA) is 123 Å². The molecule has 41 heavy (non-hydrogen) atoms. The minimum atomic E-state index is -1.05. The summed E-state index contributed by atoms with van der Waals surface area (Å²) in [5, 5.41) is 14.7. The Hall–Kier alpha value is -3.07. The van der Waals surface area contributed by atoms with Crippen LogP contribution in [0.15, 0.2) is 16.7 Å². The van der Waals surface area contributed by atoms with Crippen molar-refractivity contribution in [3.05, 3.63) is 27.3 Å². The number of nitrogens with zero attached hydrogens (tertiary/aromatic N) is 6. The van der Waals surface area contributed by atoms with E-state index in [4.69, 9.17) is 4.98 Å². The molecule has 3 aliphatic rings. The first kappa shape index (κ1) is 30.9. The van der Waals surface area contributed by atoms with E-state index < -0.39 is 23.4 Å². The minimum absolute atomic E-state index is 0.126. The highest BCUT2D eigenvalue weighted by molar-refractivity contribution is 7.16. The van der Waals surface area contributed by atoms with Crippen molar-refractivity contribution in [2.75, 3.05) is 31.6 Å². The molecule has 1 aromatic heterocycles. The minimum Gasteiger partial charge on any atom is -0.348 e. The third-order valence-electron chi connectivity index (χ3n) is 8.03. The van der Waals surface area contributed by atoms with Crippen LogP contribution >= 0.6 is 11.3 Å². The Kier molecular flexibility index (Phi) is 8.52. The molecule has 3 atom stereocenters. The lowest BCUT2D eigenvalue weighted by molar-refractivity contribution is -0.168. The second-order valence-corrected chi connectivity index (χ2v) is 14.0. The monoisotopic (exact) mass is 581 g/mol. The van der Waals surface area contributed by atoms with E-state index >= 15 is 0 Å². The van der Waals surface area contributed by atoms with Crippen LogP contribution in [0, 0.1) is 23.2 Å². The average molecular weight is 582 g/mol. The molecule has 0 spiro atoms. The number of fused-ring (bicyclic) bond motifs is 5. The molecular formula is C30H43N7O3S. The molecule has 11 heteroatoms. The van der Waals surface area contributed by atoms with Gasteiger partial charge in [-0.2, -0.15) is 10.3 Å². The van der Waals surface area contributed by atoms with Crippen molar-refractivity contribution in [3.63, 3.8) is 0 Å². The molecule has 3 unspecified atom stereocenters. The van der Waals surface area contributed by atoms with Crippen LogP contribution in [-0.2, 0) is 19.8 Å². The number of nitriles is 1. The lowest BCUT2D eigenvalue weighted by Crippen LogP contribution is -2.57. The van der Waals surface area contributed by atoms with E-state index in [2.05, 4.69) is 51.9 Å². The summed E-state index contributed by atoms with van der Waals surface area (Å²) in [7, 11) is 1.41. The van der Waals surface area contributed by atoms with E-state index in [1.165, 1.54) is 18.4 Å². The van der Waals surface area contributed by atoms with E-state index in [0.29, 0.717) is 24.5 Å². The molecule has 1 N–H and O–H groups in total. The van der Waals surface area contributed by atoms with Gasteiger partial charge in [-0.25, -0.2) is 20.4 Å². The number of anilines is 1. The predicted molar refractivity (Wildman–Crippen MR) is 160 cm³/mol. The van der Waals surface area contributed by atoms with Crippen LogP contribution in [0.2, 0.25) is 0 Å². The van der Waals surface area contributed by atoms with Gasteiger partial charge in [-0.3, -0.25) is 14.4 Å². The standard InChI is InChI=1S/C30H43N7O3S/c1-10-20-21-15-23-24(29(5,6)7)32-28(41-23)35(13-11-18(2)3)14-12-19(4)17-36-30(8,33-36)27(40)34(9)37(25(21)38)26(39)22(20)16-31/h15,18-19,33H,10-14,17H2,1-9H3/b21-15-. The fourth-order valence-electron chi connectivity index (χ4n) is 5.36. The third-order valence-corrected chi connectivity index (χ3v) is 9.10. The van der Waals surface area contributed by atoms with Crippen molar-refractivity contribution in [3.8, 4) is 6.07 Å². The highest BCUT2D eigenvalue weighted by Gasteiger charge is 2.57. The van der Waals surface area contributed by atoms with Crippen LogP contribution < -0.4 is 10.3 Å². The Bertz CT molecular complexity index is 1350. The largest absolute Gasteiger partial charge is 0.348 e. The molecule has 3 aliphatic heterocycles. The fraction of sp³-hybridized carbons (Fsp3) is 0.633. The number of nitrogens with one attached hydrogen (secondary N) is 1. The zero-order chi connectivity index (χ0) is 30.4. The fourth-order valence-corrected chi connectivity index (χ4v) is 6.63. The van der Waals surface area contributed by atoms with Crippen molar-refractivity contribution in [2.45, 2.75) is 85.7 Å². The predicted octanol–water partition coefficient (Wildman–Crippen LogP) is 4.23. The summed E-state index contributed by atoms with van der Waals surface area (Å²) in [4.78, 5) is 49.5. The van der Waals surface area contributed by atoms with Gasteiger partial charge in [0.05, 0.1) is 10.6 Å². The normalized spacial score (nSPS) is 27.2. The van der Waals surface area contributed by atoms with Crippen molar-refractivity contribution in [1.29, 1.82) is 5.26 Å². The van der Waals surface area contributed by atoms with Gasteiger partial charge in [0.2, 0.25) is 0 Å². The molecule has 4 bridgehead atoms. The first-order valence-corrected chi connectivity index (χ1v) is 15.3. The average Bonchev–Trinajstić information content (AvgIpc) is 3.33. The molecule has 10 nitrogen and oxygen atoms in total. The van der Waals surface area contributed by atoms with E-state index in [1.807, 2.05) is 18.0 Å². The molecular weight excluding hydrogens is 538 g/mol. The Morgan fingerprint density at radius 2 is 1.93 bits per heavy atom. The van der Waals surface area contributed by atoms with Gasteiger partial charge in [0.25, 0.3) is 17.7 Å². The van der Waals surface area contributed by atoms with Crippen LogP contribution in [0.25, 0.3) is 6.08 Å². The maximum Gasteiger partial charge on any atom is 0.290 e. The van der Waals surface area contributed by atoms with Gasteiger partial charge in [0.15, 0.2) is 10.8 Å². The van der Waals surface area contributed by atoms with Crippen LogP contribution in [0.3, 0.4) is 0 Å². The second kappa shape index (κ2) is 11.3. The highest BCUT2D eigenvalue weighted by atomic mass is 32.1. The molecule has 1 aromatic rings. The van der Waals surface area contributed by atoms with E-state index in [0.717, 1.165) is 51.7 Å². The van der Waals surface area contributed by atoms with Crippen molar-refractivity contribution in [1.82, 2.24) is 25.4 Å². The van der Waals surface area contributed by atoms with Gasteiger partial charge in [0, 0.05) is 37.7 Å². The maximum atomic E-state index is 14.1. The first-order valence-electron chi connectivity index (χ1n) is 14.5. The number of amides is 3. The third kappa shape index (κ3) is 5.83. The van der Waals surface area contributed by atoms with E-state index in [-0.39, 0.29) is 22.5 Å². The van der Waals surface area contributed by atoms with Gasteiger partial charge in [-0.05, 0) is 49.7 Å². The summed E-state index contributed by atoms with van der Waals surface area (Å²) >= 11 is 1.54. The molecule has 0 radical (unpaired) electrons. The number of aromatic nitrogens is 1. The van der Waals surface area contributed by atoms with Gasteiger partial charge >= 0.3 is 0 Å². The Labute approximate surface area is 247 Å². The molecule has 4 heterocycles. The molecule has 1 saturated heterocycles. The van der Waals surface area contributed by atoms with Gasteiger partial charge in [-0.1, -0.05) is 59.8 Å². The quantitative estimate of drug-likeness (QED) is 0.414. The maximum absolute atomic E-state index is 14.1. The molecule has 3 amide bonds. The summed E-state index contributed by atoms with van der Waals surface area (Å²) in [6, 6.07) is 2.02. The number of hydrogen-bond acceptors (Lipinski definition) is 9. The number of likely N-dealkylation sites (N-methyl/N-ethyl adjacent to an activating group) is 1. The smallest absolute Gasteiger partial charge is 0.290 e. The lowest BCUT2D eigenvalue weighted by atomic mass is 9.88. The summed E-state index contributed by atoms with van der Waals surface area (Å²) in [6.45, 7) is 18.7. The van der Waals surface area contributed by atoms with Crippen LogP contribution in [-0.4, -0.2) is 70.1 Å². The van der Waals surface area contributed by atoms with Crippen molar-refractivity contribution >= 4 is 40.3 Å². The number of carbonyl (C=O) groups is 3. The lowest BCUT2D eigenvalue weighted by Gasteiger charge is -2.35. The van der Waals surface area contributed by atoms with E-state index in [1.54, 1.807) is 13.0 Å². The number of thiazole rings is 1. The second-order valence-electron chi connectivity index (χ2n) is 12.9. The molecule has 0 aromatic carbocycles. The Morgan fingerprint density at radius 1 is 1.24 bits per heavy atom. The van der Waals surface area contributed by atoms with Gasteiger partial charge in [0.1, 0.15) is 11.6 Å². The van der Waals surface area contributed by atoms with Gasteiger partial charge in [-0.15, -0.1) is 0 Å². The molecule has 0 aliphatic carbocycles. The Morgan fingerprint density at radius 3 is 2.51 bits per heavy atom.